The van der Waals surface area contributed by atoms with Gasteiger partial charge in [-0.15, -0.1) is 0 Å². The Bertz CT molecular complexity index is 1220. The quantitative estimate of drug-likeness (QED) is 0.0199. The predicted molar refractivity (Wildman–Crippen MR) is 265 cm³/mol. The van der Waals surface area contributed by atoms with E-state index in [4.69, 9.17) is 14.2 Å². The minimum Gasteiger partial charge on any atom is -0.462 e. The van der Waals surface area contributed by atoms with Crippen LogP contribution in [0, 0.1) is 0 Å². The number of rotatable bonds is 45. The normalized spacial score (nSPS) is 12.8. The fourth-order valence-electron chi connectivity index (χ4n) is 6.78. The molecule has 0 heterocycles. The smallest absolute Gasteiger partial charge is 0.306 e. The molecule has 0 rings (SSSR count). The maximum absolute atomic E-state index is 12.8. The Kier molecular flexibility index (Phi) is 47.5. The van der Waals surface area contributed by atoms with Crippen LogP contribution in [-0.2, 0) is 28.6 Å². The largest absolute Gasteiger partial charge is 0.462 e. The molecule has 62 heavy (non-hydrogen) atoms. The van der Waals surface area contributed by atoms with Crippen molar-refractivity contribution < 1.29 is 28.6 Å². The van der Waals surface area contributed by atoms with Crippen LogP contribution in [0.1, 0.15) is 233 Å². The van der Waals surface area contributed by atoms with Crippen molar-refractivity contribution in [1.29, 1.82) is 0 Å². The fraction of sp³-hybridized carbons (Fsp3) is 0.696. The van der Waals surface area contributed by atoms with E-state index in [-0.39, 0.29) is 44.0 Å². The summed E-state index contributed by atoms with van der Waals surface area (Å²) in [7, 11) is 0. The zero-order chi connectivity index (χ0) is 45.1. The molecule has 0 saturated heterocycles. The van der Waals surface area contributed by atoms with Gasteiger partial charge in [-0.05, 0) is 103 Å². The highest BCUT2D eigenvalue weighted by Gasteiger charge is 2.19. The summed E-state index contributed by atoms with van der Waals surface area (Å²) in [6, 6.07) is 0. The van der Waals surface area contributed by atoms with E-state index < -0.39 is 6.10 Å². The van der Waals surface area contributed by atoms with Gasteiger partial charge >= 0.3 is 17.9 Å². The Labute approximate surface area is 382 Å². The van der Waals surface area contributed by atoms with Gasteiger partial charge in [-0.25, -0.2) is 0 Å². The Hall–Kier alpha value is -3.41. The lowest BCUT2D eigenvalue weighted by atomic mass is 10.1. The van der Waals surface area contributed by atoms with Crippen LogP contribution in [0.15, 0.2) is 85.1 Å². The highest BCUT2D eigenvalue weighted by atomic mass is 16.6. The molecule has 0 aromatic rings. The molecule has 0 fully saturated rings. The van der Waals surface area contributed by atoms with Gasteiger partial charge in [0.25, 0.3) is 0 Å². The highest BCUT2D eigenvalue weighted by Crippen LogP contribution is 2.13. The van der Waals surface area contributed by atoms with Crippen molar-refractivity contribution in [3.05, 3.63) is 85.1 Å². The van der Waals surface area contributed by atoms with E-state index in [0.717, 1.165) is 89.9 Å². The number of allylic oxidation sites excluding steroid dienone is 14. The summed E-state index contributed by atoms with van der Waals surface area (Å²) in [5.41, 5.74) is 0. The second kappa shape index (κ2) is 50.2. The third kappa shape index (κ3) is 47.6. The number of esters is 3. The van der Waals surface area contributed by atoms with E-state index in [2.05, 4.69) is 106 Å². The van der Waals surface area contributed by atoms with Crippen LogP contribution < -0.4 is 0 Å². The fourth-order valence-corrected chi connectivity index (χ4v) is 6.78. The molecule has 0 N–H and O–H groups in total. The van der Waals surface area contributed by atoms with Crippen molar-refractivity contribution in [2.75, 3.05) is 13.2 Å². The first-order valence-corrected chi connectivity index (χ1v) is 25.6. The zero-order valence-corrected chi connectivity index (χ0v) is 40.4. The van der Waals surface area contributed by atoms with E-state index in [9.17, 15) is 14.4 Å². The van der Waals surface area contributed by atoms with Crippen molar-refractivity contribution in [1.82, 2.24) is 0 Å². The molecule has 0 aliphatic carbocycles. The van der Waals surface area contributed by atoms with Gasteiger partial charge in [0.2, 0.25) is 0 Å². The second-order valence-electron chi connectivity index (χ2n) is 16.7. The van der Waals surface area contributed by atoms with E-state index in [0.29, 0.717) is 12.8 Å². The first-order chi connectivity index (χ1) is 30.5. The lowest BCUT2D eigenvalue weighted by Gasteiger charge is -2.18. The number of ether oxygens (including phenoxy) is 3. The van der Waals surface area contributed by atoms with Crippen molar-refractivity contribution in [3.63, 3.8) is 0 Å². The van der Waals surface area contributed by atoms with Crippen molar-refractivity contribution in [2.45, 2.75) is 239 Å². The maximum Gasteiger partial charge on any atom is 0.306 e. The lowest BCUT2D eigenvalue weighted by molar-refractivity contribution is -0.167. The lowest BCUT2D eigenvalue weighted by Crippen LogP contribution is -2.30. The van der Waals surface area contributed by atoms with Gasteiger partial charge in [0.05, 0.1) is 0 Å². The van der Waals surface area contributed by atoms with Crippen LogP contribution in [0.25, 0.3) is 0 Å². The SMILES string of the molecule is CC/C=C\C/C=C\C/C=C\CCCC(=O)OCC(COC(=O)CCCCCCCCC/C=C\C/C=C\CCCCC)OC(=O)CCCCC/C=C\C=C/CCCCCCCCC. The number of carbonyl (C=O) groups excluding carboxylic acids is 3. The summed E-state index contributed by atoms with van der Waals surface area (Å²) in [5.74, 6) is -1.00. The molecule has 0 spiro atoms. The number of hydrogen-bond acceptors (Lipinski definition) is 6. The van der Waals surface area contributed by atoms with E-state index in [1.165, 1.54) is 96.3 Å². The third-order valence-electron chi connectivity index (χ3n) is 10.6. The van der Waals surface area contributed by atoms with Crippen molar-refractivity contribution in [2.24, 2.45) is 0 Å². The zero-order valence-electron chi connectivity index (χ0n) is 40.4. The van der Waals surface area contributed by atoms with E-state index in [1.54, 1.807) is 0 Å². The summed E-state index contributed by atoms with van der Waals surface area (Å²) < 4.78 is 16.7. The molecule has 0 saturated carbocycles. The summed E-state index contributed by atoms with van der Waals surface area (Å²) in [6.07, 6.45) is 64.3. The molecule has 0 aliphatic heterocycles. The first-order valence-electron chi connectivity index (χ1n) is 25.6. The Balaban J connectivity index is 4.47. The average Bonchev–Trinajstić information content (AvgIpc) is 3.27. The summed E-state index contributed by atoms with van der Waals surface area (Å²) in [5, 5.41) is 0. The van der Waals surface area contributed by atoms with Crippen LogP contribution in [0.3, 0.4) is 0 Å². The number of hydrogen-bond donors (Lipinski definition) is 0. The topological polar surface area (TPSA) is 78.9 Å². The van der Waals surface area contributed by atoms with E-state index >= 15 is 0 Å². The van der Waals surface area contributed by atoms with Crippen LogP contribution >= 0.6 is 0 Å². The molecule has 0 bridgehead atoms. The van der Waals surface area contributed by atoms with Gasteiger partial charge in [-0.1, -0.05) is 196 Å². The van der Waals surface area contributed by atoms with Crippen LogP contribution in [0.4, 0.5) is 0 Å². The average molecular weight is 863 g/mol. The Morgan fingerprint density at radius 2 is 0.694 bits per heavy atom. The standard InChI is InChI=1S/C56H94O6/c1-4-7-10-13-16-19-22-24-26-28-30-31-34-37-40-43-46-49-55(58)61-52-53(51-60-54(57)48-45-42-39-36-33-21-18-15-12-9-6-3)62-56(59)50-47-44-41-38-35-32-29-27-25-23-20-17-14-11-8-5-2/h9,12,16,18-19,21,24,26-27,29,32,35-36,39,53H,4-8,10-11,13-15,17,20,22-23,25,28,30-31,33-34,37-38,40-52H2,1-3H3/b12-9-,19-16-,21-18-,26-24-,29-27-,35-32-,39-36-. The summed E-state index contributed by atoms with van der Waals surface area (Å²) in [6.45, 7) is 6.40. The molecule has 6 heteroatoms. The molecule has 354 valence electrons. The molecular weight excluding hydrogens is 769 g/mol. The summed E-state index contributed by atoms with van der Waals surface area (Å²) in [4.78, 5) is 37.9. The monoisotopic (exact) mass is 863 g/mol. The van der Waals surface area contributed by atoms with Gasteiger partial charge in [0.15, 0.2) is 6.10 Å². The predicted octanol–water partition coefficient (Wildman–Crippen LogP) is 16.8. The molecule has 1 atom stereocenters. The van der Waals surface area contributed by atoms with Crippen LogP contribution in [0.5, 0.6) is 0 Å². The molecule has 0 aromatic carbocycles. The van der Waals surface area contributed by atoms with Crippen molar-refractivity contribution >= 4 is 17.9 Å². The Morgan fingerprint density at radius 1 is 0.355 bits per heavy atom. The maximum atomic E-state index is 12.8. The van der Waals surface area contributed by atoms with Gasteiger partial charge in [-0.3, -0.25) is 14.4 Å². The van der Waals surface area contributed by atoms with Crippen molar-refractivity contribution in [3.8, 4) is 0 Å². The molecule has 1 unspecified atom stereocenters. The number of unbranched alkanes of at least 4 members (excludes halogenated alkanes) is 21. The second-order valence-corrected chi connectivity index (χ2v) is 16.7. The summed E-state index contributed by atoms with van der Waals surface area (Å²) >= 11 is 0. The molecule has 0 amide bonds. The van der Waals surface area contributed by atoms with E-state index in [1.807, 2.05) is 0 Å². The van der Waals surface area contributed by atoms with Crippen LogP contribution in [0.2, 0.25) is 0 Å². The molecule has 0 radical (unpaired) electrons. The van der Waals surface area contributed by atoms with Gasteiger partial charge < -0.3 is 14.2 Å². The molecular formula is C56H94O6. The Morgan fingerprint density at radius 3 is 1.19 bits per heavy atom. The molecule has 0 aliphatic rings. The van der Waals surface area contributed by atoms with Crippen LogP contribution in [-0.4, -0.2) is 37.2 Å². The third-order valence-corrected chi connectivity index (χ3v) is 10.6. The van der Waals surface area contributed by atoms with Gasteiger partial charge in [0, 0.05) is 19.3 Å². The molecule has 6 nitrogen and oxygen atoms in total. The first kappa shape index (κ1) is 58.6. The number of carbonyl (C=O) groups is 3. The minimum absolute atomic E-state index is 0.108. The highest BCUT2D eigenvalue weighted by molar-refractivity contribution is 5.71. The van der Waals surface area contributed by atoms with Gasteiger partial charge in [0.1, 0.15) is 13.2 Å². The minimum atomic E-state index is -0.813. The molecule has 0 aromatic heterocycles. The van der Waals surface area contributed by atoms with Gasteiger partial charge in [-0.2, -0.15) is 0 Å².